The molecule has 23 heavy (non-hydrogen) atoms. The molecule has 3 aliphatic rings. The highest BCUT2D eigenvalue weighted by Crippen LogP contribution is 2.23. The molecule has 5 heteroatoms. The molecule has 2 saturated heterocycles. The lowest BCUT2D eigenvalue weighted by Gasteiger charge is -2.39. The van der Waals surface area contributed by atoms with Gasteiger partial charge < -0.3 is 14.4 Å². The molecular formula is C18H30N2O3. The van der Waals surface area contributed by atoms with Crippen LogP contribution < -0.4 is 0 Å². The summed E-state index contributed by atoms with van der Waals surface area (Å²) in [7, 11) is 0. The Labute approximate surface area is 139 Å². The SMILES string of the molecule is C[C@@H]1CN(C(=O)C2CCN(C[C@H]3CCC=CO3)CC2)C[C@@H](C)O1. The van der Waals surface area contributed by atoms with Crippen molar-refractivity contribution in [3.8, 4) is 0 Å². The van der Waals surface area contributed by atoms with Gasteiger partial charge in [0.25, 0.3) is 0 Å². The summed E-state index contributed by atoms with van der Waals surface area (Å²) >= 11 is 0. The van der Waals surface area contributed by atoms with Crippen LogP contribution in [-0.4, -0.2) is 66.7 Å². The fraction of sp³-hybridized carbons (Fsp3) is 0.833. The predicted molar refractivity (Wildman–Crippen MR) is 89.0 cm³/mol. The number of amides is 1. The Kier molecular flexibility index (Phi) is 5.59. The zero-order chi connectivity index (χ0) is 16.2. The zero-order valence-corrected chi connectivity index (χ0v) is 14.4. The number of rotatable bonds is 3. The average Bonchev–Trinajstić information content (AvgIpc) is 2.55. The van der Waals surface area contributed by atoms with Gasteiger partial charge in [-0.2, -0.15) is 0 Å². The molecule has 1 amide bonds. The number of carbonyl (C=O) groups excluding carboxylic acids is 1. The van der Waals surface area contributed by atoms with Crippen LogP contribution in [0.25, 0.3) is 0 Å². The molecule has 5 nitrogen and oxygen atoms in total. The van der Waals surface area contributed by atoms with Crippen LogP contribution >= 0.6 is 0 Å². The molecule has 0 unspecified atom stereocenters. The van der Waals surface area contributed by atoms with Crippen LogP contribution in [0.1, 0.15) is 39.5 Å². The van der Waals surface area contributed by atoms with Crippen molar-refractivity contribution >= 4 is 5.91 Å². The molecule has 3 rings (SSSR count). The summed E-state index contributed by atoms with van der Waals surface area (Å²) in [6.07, 6.45) is 8.73. The van der Waals surface area contributed by atoms with Crippen molar-refractivity contribution in [1.29, 1.82) is 0 Å². The molecular weight excluding hydrogens is 292 g/mol. The van der Waals surface area contributed by atoms with Crippen molar-refractivity contribution in [3.05, 3.63) is 12.3 Å². The topological polar surface area (TPSA) is 42.0 Å². The first kappa shape index (κ1) is 16.8. The van der Waals surface area contributed by atoms with Gasteiger partial charge in [0, 0.05) is 25.6 Å². The van der Waals surface area contributed by atoms with Gasteiger partial charge in [-0.3, -0.25) is 9.69 Å². The third kappa shape index (κ3) is 4.48. The van der Waals surface area contributed by atoms with Crippen molar-refractivity contribution in [3.63, 3.8) is 0 Å². The van der Waals surface area contributed by atoms with E-state index in [1.165, 1.54) is 0 Å². The zero-order valence-electron chi connectivity index (χ0n) is 14.4. The summed E-state index contributed by atoms with van der Waals surface area (Å²) in [6, 6.07) is 0. The molecule has 2 fully saturated rings. The fourth-order valence-corrected chi connectivity index (χ4v) is 3.99. The van der Waals surface area contributed by atoms with E-state index in [-0.39, 0.29) is 18.1 Å². The van der Waals surface area contributed by atoms with Crippen molar-refractivity contribution in [2.45, 2.75) is 57.8 Å². The summed E-state index contributed by atoms with van der Waals surface area (Å²) in [5.74, 6) is 0.527. The second-order valence-corrected chi connectivity index (χ2v) is 7.28. The van der Waals surface area contributed by atoms with Crippen molar-refractivity contribution in [2.24, 2.45) is 5.92 Å². The van der Waals surface area contributed by atoms with E-state index in [1.807, 2.05) is 11.2 Å². The Bertz CT molecular complexity index is 422. The second-order valence-electron chi connectivity index (χ2n) is 7.28. The van der Waals surface area contributed by atoms with E-state index in [0.29, 0.717) is 12.0 Å². The van der Waals surface area contributed by atoms with Crippen LogP contribution in [-0.2, 0) is 14.3 Å². The number of hydrogen-bond acceptors (Lipinski definition) is 4. The molecule has 0 saturated carbocycles. The summed E-state index contributed by atoms with van der Waals surface area (Å²) < 4.78 is 11.4. The van der Waals surface area contributed by atoms with Gasteiger partial charge in [0.2, 0.25) is 5.91 Å². The minimum Gasteiger partial charge on any atom is -0.497 e. The van der Waals surface area contributed by atoms with Gasteiger partial charge in [-0.1, -0.05) is 0 Å². The van der Waals surface area contributed by atoms with Crippen LogP contribution in [0.3, 0.4) is 0 Å². The highest BCUT2D eigenvalue weighted by molar-refractivity contribution is 5.79. The largest absolute Gasteiger partial charge is 0.497 e. The minimum atomic E-state index is 0.152. The van der Waals surface area contributed by atoms with Gasteiger partial charge in [0.1, 0.15) is 6.10 Å². The van der Waals surface area contributed by atoms with E-state index >= 15 is 0 Å². The third-order valence-corrected chi connectivity index (χ3v) is 5.15. The second kappa shape index (κ2) is 7.67. The molecule has 0 radical (unpaired) electrons. The summed E-state index contributed by atoms with van der Waals surface area (Å²) in [5, 5.41) is 0. The number of nitrogens with zero attached hydrogens (tertiary/aromatic N) is 2. The molecule has 3 heterocycles. The van der Waals surface area contributed by atoms with Gasteiger partial charge in [0.05, 0.1) is 18.5 Å². The van der Waals surface area contributed by atoms with E-state index in [1.54, 1.807) is 0 Å². The highest BCUT2D eigenvalue weighted by atomic mass is 16.5. The van der Waals surface area contributed by atoms with Crippen LogP contribution in [0.5, 0.6) is 0 Å². The maximum Gasteiger partial charge on any atom is 0.225 e. The third-order valence-electron chi connectivity index (χ3n) is 5.15. The lowest BCUT2D eigenvalue weighted by Crippen LogP contribution is -2.51. The van der Waals surface area contributed by atoms with Crippen LogP contribution in [0, 0.1) is 5.92 Å². The van der Waals surface area contributed by atoms with Gasteiger partial charge in [-0.05, 0) is 58.7 Å². The molecule has 0 spiro atoms. The molecule has 3 aliphatic heterocycles. The maximum absolute atomic E-state index is 12.8. The van der Waals surface area contributed by atoms with E-state index in [9.17, 15) is 4.79 Å². The number of allylic oxidation sites excluding steroid dienone is 1. The first-order valence-corrected chi connectivity index (χ1v) is 9.09. The summed E-state index contributed by atoms with van der Waals surface area (Å²) in [5.41, 5.74) is 0. The van der Waals surface area contributed by atoms with Gasteiger partial charge in [-0.15, -0.1) is 0 Å². The number of ether oxygens (including phenoxy) is 2. The molecule has 3 atom stereocenters. The Balaban J connectivity index is 1.44. The first-order chi connectivity index (χ1) is 11.1. The Morgan fingerprint density at radius 3 is 2.43 bits per heavy atom. The minimum absolute atomic E-state index is 0.152. The fourth-order valence-electron chi connectivity index (χ4n) is 3.99. The standard InChI is InChI=1S/C18H30N2O3/c1-14-11-20(12-15(2)23-14)18(21)16-6-8-19(9-7-16)13-17-5-3-4-10-22-17/h4,10,14-17H,3,5-9,11-13H2,1-2H3/t14-,15-,17-/m1/s1. The normalized spacial score (nSPS) is 33.5. The molecule has 0 bridgehead atoms. The lowest BCUT2D eigenvalue weighted by atomic mass is 9.94. The van der Waals surface area contributed by atoms with E-state index in [2.05, 4.69) is 24.8 Å². The van der Waals surface area contributed by atoms with E-state index < -0.39 is 0 Å². The van der Waals surface area contributed by atoms with Crippen molar-refractivity contribution in [1.82, 2.24) is 9.80 Å². The molecule has 0 aromatic heterocycles. The number of piperidine rings is 1. The molecule has 0 N–H and O–H groups in total. The quantitative estimate of drug-likeness (QED) is 0.797. The van der Waals surface area contributed by atoms with Crippen LogP contribution in [0.4, 0.5) is 0 Å². The van der Waals surface area contributed by atoms with E-state index in [0.717, 1.165) is 58.4 Å². The molecule has 0 aromatic rings. The van der Waals surface area contributed by atoms with Crippen molar-refractivity contribution < 1.29 is 14.3 Å². The van der Waals surface area contributed by atoms with Crippen LogP contribution in [0.15, 0.2) is 12.3 Å². The Hall–Kier alpha value is -1.07. The van der Waals surface area contributed by atoms with Gasteiger partial charge in [0.15, 0.2) is 0 Å². The average molecular weight is 322 g/mol. The van der Waals surface area contributed by atoms with Crippen molar-refractivity contribution in [2.75, 3.05) is 32.7 Å². The maximum atomic E-state index is 12.8. The molecule has 0 aromatic carbocycles. The number of morpholine rings is 1. The molecule has 0 aliphatic carbocycles. The Morgan fingerprint density at radius 2 is 1.83 bits per heavy atom. The Morgan fingerprint density at radius 1 is 1.13 bits per heavy atom. The number of carbonyl (C=O) groups is 1. The van der Waals surface area contributed by atoms with Gasteiger partial charge in [-0.25, -0.2) is 0 Å². The first-order valence-electron chi connectivity index (χ1n) is 9.09. The summed E-state index contributed by atoms with van der Waals surface area (Å²) in [6.45, 7) is 8.60. The lowest BCUT2D eigenvalue weighted by molar-refractivity contribution is -0.149. The predicted octanol–water partition coefficient (Wildman–Crippen LogP) is 2.03. The van der Waals surface area contributed by atoms with Crippen LogP contribution in [0.2, 0.25) is 0 Å². The van der Waals surface area contributed by atoms with Gasteiger partial charge >= 0.3 is 0 Å². The smallest absolute Gasteiger partial charge is 0.225 e. The number of hydrogen-bond donors (Lipinski definition) is 0. The number of likely N-dealkylation sites (tertiary alicyclic amines) is 1. The highest BCUT2D eigenvalue weighted by Gasteiger charge is 2.33. The summed E-state index contributed by atoms with van der Waals surface area (Å²) in [4.78, 5) is 17.2. The van der Waals surface area contributed by atoms with E-state index in [4.69, 9.17) is 9.47 Å². The monoisotopic (exact) mass is 322 g/mol. The molecule has 130 valence electrons.